The van der Waals surface area contributed by atoms with Crippen molar-refractivity contribution in [3.63, 3.8) is 0 Å². The second kappa shape index (κ2) is 13.1. The number of benzene rings is 2. The van der Waals surface area contributed by atoms with Crippen molar-refractivity contribution in [1.82, 2.24) is 9.97 Å². The van der Waals surface area contributed by atoms with Gasteiger partial charge in [-0.05, 0) is 59.8 Å². The second-order valence-corrected chi connectivity index (χ2v) is 19.1. The molecule has 0 aliphatic carbocycles. The maximum atomic E-state index is 15.9. The molecule has 1 atom stereocenters. The Bertz CT molecular complexity index is 1840. The number of nitrogens with zero attached hydrogens (tertiary/aromatic N) is 3. The minimum atomic E-state index is -2.19. The van der Waals surface area contributed by atoms with Crippen LogP contribution >= 0.6 is 11.8 Å². The molecule has 0 radical (unpaired) electrons. The highest BCUT2D eigenvalue weighted by molar-refractivity contribution is 7.98. The molecule has 0 amide bonds. The number of methoxy groups -OCH3 is 1. The minimum Gasteiger partial charge on any atom is -0.468 e. The van der Waals surface area contributed by atoms with Crippen molar-refractivity contribution in [3.8, 4) is 28.5 Å². The SMILES string of the molecule is COCOc1cc(-c2cc3nc(SC)nc(N4CC[C@H]4C)c3c(=O)o2)c2c(C#C[Si](C(C)C)(C(C)C)C(C)C)c(F)ccc2c1. The van der Waals surface area contributed by atoms with Crippen molar-refractivity contribution in [2.75, 3.05) is 31.6 Å². The van der Waals surface area contributed by atoms with Crippen molar-refractivity contribution in [1.29, 1.82) is 0 Å². The molecule has 5 rings (SSSR count). The van der Waals surface area contributed by atoms with E-state index in [1.54, 1.807) is 25.3 Å². The fourth-order valence-corrected chi connectivity index (χ4v) is 12.4. The van der Waals surface area contributed by atoms with E-state index in [0.717, 1.165) is 13.0 Å². The normalized spacial score (nSPS) is 15.2. The summed E-state index contributed by atoms with van der Waals surface area (Å²) in [6.45, 7) is 16.3. The van der Waals surface area contributed by atoms with Crippen LogP contribution in [0.15, 0.2) is 44.7 Å². The number of hydrogen-bond acceptors (Lipinski definition) is 8. The van der Waals surface area contributed by atoms with Gasteiger partial charge in [0.1, 0.15) is 36.6 Å². The van der Waals surface area contributed by atoms with Crippen LogP contribution in [0.25, 0.3) is 33.0 Å². The van der Waals surface area contributed by atoms with Crippen LogP contribution < -0.4 is 15.3 Å². The van der Waals surface area contributed by atoms with Gasteiger partial charge >= 0.3 is 5.63 Å². The summed E-state index contributed by atoms with van der Waals surface area (Å²) in [7, 11) is -0.646. The molecule has 4 aromatic rings. The molecule has 2 aromatic carbocycles. The molecule has 1 aliphatic rings. The predicted octanol–water partition coefficient (Wildman–Crippen LogP) is 8.42. The fraction of sp³-hybridized carbons (Fsp3) is 0.457. The van der Waals surface area contributed by atoms with Gasteiger partial charge in [0.15, 0.2) is 11.9 Å². The highest BCUT2D eigenvalue weighted by Crippen LogP contribution is 2.42. The second-order valence-electron chi connectivity index (χ2n) is 12.7. The first kappa shape index (κ1) is 33.0. The van der Waals surface area contributed by atoms with E-state index >= 15 is 4.39 Å². The summed E-state index contributed by atoms with van der Waals surface area (Å²) in [5, 5.41) is 2.17. The Kier molecular flexibility index (Phi) is 9.64. The first-order chi connectivity index (χ1) is 21.4. The Labute approximate surface area is 269 Å². The van der Waals surface area contributed by atoms with Gasteiger partial charge in [0, 0.05) is 36.7 Å². The maximum absolute atomic E-state index is 15.9. The Hall–Kier alpha value is -3.39. The third-order valence-corrected chi connectivity index (χ3v) is 16.1. The van der Waals surface area contributed by atoms with Crippen LogP contribution in [0.5, 0.6) is 5.75 Å². The lowest BCUT2D eigenvalue weighted by Crippen LogP contribution is -2.46. The maximum Gasteiger partial charge on any atom is 0.349 e. The lowest BCUT2D eigenvalue weighted by molar-refractivity contribution is 0.0512. The summed E-state index contributed by atoms with van der Waals surface area (Å²) in [5.41, 5.74) is 5.52. The molecule has 45 heavy (non-hydrogen) atoms. The third kappa shape index (κ3) is 5.98. The van der Waals surface area contributed by atoms with Crippen LogP contribution in [-0.2, 0) is 4.74 Å². The van der Waals surface area contributed by atoms with Crippen molar-refractivity contribution in [2.45, 2.75) is 82.7 Å². The molecule has 1 saturated heterocycles. The van der Waals surface area contributed by atoms with Crippen LogP contribution in [-0.4, -0.2) is 50.8 Å². The molecule has 238 valence electrons. The largest absolute Gasteiger partial charge is 0.468 e. The molecule has 0 unspecified atom stereocenters. The van der Waals surface area contributed by atoms with Gasteiger partial charge in [-0.15, -0.1) is 5.54 Å². The summed E-state index contributed by atoms with van der Waals surface area (Å²) in [4.78, 5) is 25.2. The number of fused-ring (bicyclic) bond motifs is 2. The molecule has 0 saturated carbocycles. The zero-order chi connectivity index (χ0) is 32.6. The van der Waals surface area contributed by atoms with E-state index in [9.17, 15) is 4.79 Å². The van der Waals surface area contributed by atoms with Crippen molar-refractivity contribution in [2.24, 2.45) is 0 Å². The number of thioether (sulfide) groups is 1. The summed E-state index contributed by atoms with van der Waals surface area (Å²) >= 11 is 1.41. The first-order valence-corrected chi connectivity index (χ1v) is 19.0. The third-order valence-electron chi connectivity index (χ3n) is 9.27. The Morgan fingerprint density at radius 2 is 1.80 bits per heavy atom. The van der Waals surface area contributed by atoms with E-state index in [-0.39, 0.29) is 24.2 Å². The van der Waals surface area contributed by atoms with Gasteiger partial charge < -0.3 is 18.8 Å². The van der Waals surface area contributed by atoms with E-state index in [1.807, 2.05) is 12.3 Å². The molecule has 2 aromatic heterocycles. The highest BCUT2D eigenvalue weighted by Gasteiger charge is 2.42. The minimum absolute atomic E-state index is 0.0213. The van der Waals surface area contributed by atoms with Gasteiger partial charge in [0.05, 0.1) is 11.1 Å². The van der Waals surface area contributed by atoms with Crippen molar-refractivity contribution < 1.29 is 18.3 Å². The van der Waals surface area contributed by atoms with E-state index in [0.29, 0.717) is 60.6 Å². The zero-order valence-corrected chi connectivity index (χ0v) is 29.4. The lowest BCUT2D eigenvalue weighted by Gasteiger charge is -2.40. The van der Waals surface area contributed by atoms with E-state index < -0.39 is 19.5 Å². The standard InChI is InChI=1S/C35H42FN3O4SSi/c1-20(2)45(21(3)4,22(5)6)15-13-26-28(36)11-10-24-16-25(42-19-41-8)17-27(31(24)26)30-18-29-32(34(40)43-30)33(38-35(37-29)44-9)39-14-12-23(39)7/h10-11,16-18,20-23H,12,14,19H2,1-9H3/t23-/m1/s1. The number of rotatable bonds is 9. The van der Waals surface area contributed by atoms with Gasteiger partial charge in [0.25, 0.3) is 0 Å². The summed E-state index contributed by atoms with van der Waals surface area (Å²) < 4.78 is 32.9. The molecule has 7 nitrogen and oxygen atoms in total. The van der Waals surface area contributed by atoms with Gasteiger partial charge in [-0.1, -0.05) is 65.3 Å². The molecule has 1 aliphatic heterocycles. The van der Waals surface area contributed by atoms with E-state index in [1.165, 1.54) is 17.8 Å². The Balaban J connectivity index is 1.83. The van der Waals surface area contributed by atoms with Crippen LogP contribution in [0.4, 0.5) is 10.2 Å². The zero-order valence-electron chi connectivity index (χ0n) is 27.6. The molecule has 0 N–H and O–H groups in total. The molecule has 3 heterocycles. The van der Waals surface area contributed by atoms with Crippen molar-refractivity contribution >= 4 is 47.3 Å². The molecule has 1 fully saturated rings. The van der Waals surface area contributed by atoms with Gasteiger partial charge in [-0.3, -0.25) is 0 Å². The predicted molar refractivity (Wildman–Crippen MR) is 185 cm³/mol. The van der Waals surface area contributed by atoms with E-state index in [2.05, 4.69) is 69.8 Å². The lowest BCUT2D eigenvalue weighted by atomic mass is 9.96. The quantitative estimate of drug-likeness (QED) is 0.0589. The van der Waals surface area contributed by atoms with Crippen LogP contribution in [0, 0.1) is 17.3 Å². The molecule has 0 spiro atoms. The van der Waals surface area contributed by atoms with Gasteiger partial charge in [-0.2, -0.15) is 0 Å². The fourth-order valence-electron chi connectivity index (χ4n) is 6.86. The monoisotopic (exact) mass is 647 g/mol. The topological polar surface area (TPSA) is 77.7 Å². The van der Waals surface area contributed by atoms with Gasteiger partial charge in [-0.25, -0.2) is 19.2 Å². The number of hydrogen-bond donors (Lipinski definition) is 0. The summed E-state index contributed by atoms with van der Waals surface area (Å²) in [6, 6.07) is 8.73. The number of ether oxygens (including phenoxy) is 2. The number of aromatic nitrogens is 2. The van der Waals surface area contributed by atoms with Gasteiger partial charge in [0.2, 0.25) is 0 Å². The average molecular weight is 648 g/mol. The number of halogens is 1. The van der Waals surface area contributed by atoms with Crippen LogP contribution in [0.2, 0.25) is 16.6 Å². The number of anilines is 1. The molecule has 0 bridgehead atoms. The van der Waals surface area contributed by atoms with Crippen LogP contribution in [0.3, 0.4) is 0 Å². The first-order valence-electron chi connectivity index (χ1n) is 15.5. The summed E-state index contributed by atoms with van der Waals surface area (Å²) in [5.74, 6) is 4.24. The average Bonchev–Trinajstić information content (AvgIpc) is 2.99. The Morgan fingerprint density at radius 3 is 2.38 bits per heavy atom. The van der Waals surface area contributed by atoms with E-state index in [4.69, 9.17) is 18.9 Å². The molecular weight excluding hydrogens is 606 g/mol. The smallest absolute Gasteiger partial charge is 0.349 e. The highest BCUT2D eigenvalue weighted by atomic mass is 32.2. The summed E-state index contributed by atoms with van der Waals surface area (Å²) in [6.07, 6.45) is 2.93. The molecular formula is C35H42FN3O4SSi. The Morgan fingerprint density at radius 1 is 1.09 bits per heavy atom. The van der Waals surface area contributed by atoms with Crippen molar-refractivity contribution in [3.05, 3.63) is 52.1 Å². The molecule has 10 heteroatoms. The van der Waals surface area contributed by atoms with Crippen LogP contribution in [0.1, 0.15) is 60.5 Å².